The lowest BCUT2D eigenvalue weighted by Gasteiger charge is -2.03. The Balaban J connectivity index is 0.000000531. The molecule has 0 radical (unpaired) electrons. The van der Waals surface area contributed by atoms with Gasteiger partial charge in [0.1, 0.15) is 10.5 Å². The minimum absolute atomic E-state index is 0.230. The maximum absolute atomic E-state index is 13.4. The normalized spacial score (nSPS) is 9.60. The van der Waals surface area contributed by atoms with E-state index in [1.165, 1.54) is 6.20 Å². The highest BCUT2D eigenvalue weighted by molar-refractivity contribution is 7.71. The predicted octanol–water partition coefficient (Wildman–Crippen LogP) is 4.07. The summed E-state index contributed by atoms with van der Waals surface area (Å²) in [5.74, 6) is -0.230. The number of hydrogen-bond acceptors (Lipinski definition) is 1. The minimum atomic E-state index is -0.230. The van der Waals surface area contributed by atoms with Crippen LogP contribution in [-0.4, -0.2) is 4.57 Å². The molecule has 0 amide bonds. The first kappa shape index (κ1) is 11.9. The fourth-order valence-electron chi connectivity index (χ4n) is 1.37. The van der Waals surface area contributed by atoms with E-state index in [-0.39, 0.29) is 5.82 Å². The van der Waals surface area contributed by atoms with E-state index in [2.05, 4.69) is 0 Å². The monoisotopic (exact) mass is 223 g/mol. The number of rotatable bonds is 0. The number of halogens is 1. The largest absolute Gasteiger partial charge is 0.339 e. The SMILES string of the molecule is CC.Cn1cc(F)c2ccccc2c1=S. The average Bonchev–Trinajstić information content (AvgIpc) is 2.29. The minimum Gasteiger partial charge on any atom is -0.339 e. The number of aryl methyl sites for hydroxylation is 1. The molecule has 0 aliphatic rings. The van der Waals surface area contributed by atoms with Crippen molar-refractivity contribution in [2.45, 2.75) is 13.8 Å². The van der Waals surface area contributed by atoms with Crippen LogP contribution in [0.4, 0.5) is 4.39 Å². The fourth-order valence-corrected chi connectivity index (χ4v) is 1.60. The second kappa shape index (κ2) is 5.03. The first-order chi connectivity index (χ1) is 7.20. The lowest BCUT2D eigenvalue weighted by atomic mass is 10.2. The molecule has 80 valence electrons. The Labute approximate surface area is 94.2 Å². The molecule has 0 N–H and O–H groups in total. The molecular formula is C12H14FNS. The molecule has 15 heavy (non-hydrogen) atoms. The lowest BCUT2D eigenvalue weighted by molar-refractivity contribution is 0.621. The van der Waals surface area contributed by atoms with Gasteiger partial charge < -0.3 is 4.57 Å². The third kappa shape index (κ3) is 2.23. The summed E-state index contributed by atoms with van der Waals surface area (Å²) in [6, 6.07) is 7.24. The van der Waals surface area contributed by atoms with E-state index in [1.807, 2.05) is 26.0 Å². The summed E-state index contributed by atoms with van der Waals surface area (Å²) in [7, 11) is 1.75. The zero-order valence-electron chi connectivity index (χ0n) is 9.12. The Kier molecular flexibility index (Phi) is 3.97. The molecule has 0 spiro atoms. The maximum Gasteiger partial charge on any atom is 0.147 e. The van der Waals surface area contributed by atoms with Crippen molar-refractivity contribution in [2.75, 3.05) is 0 Å². The van der Waals surface area contributed by atoms with Crippen LogP contribution in [-0.2, 0) is 7.05 Å². The van der Waals surface area contributed by atoms with Crippen molar-refractivity contribution in [2.24, 2.45) is 7.05 Å². The highest BCUT2D eigenvalue weighted by Gasteiger charge is 2.02. The summed E-state index contributed by atoms with van der Waals surface area (Å²) in [6.07, 6.45) is 1.41. The first-order valence-corrected chi connectivity index (χ1v) is 5.35. The third-order valence-corrected chi connectivity index (χ3v) is 2.55. The molecule has 3 heteroatoms. The van der Waals surface area contributed by atoms with Gasteiger partial charge in [-0.3, -0.25) is 0 Å². The van der Waals surface area contributed by atoms with Gasteiger partial charge in [0.15, 0.2) is 0 Å². The average molecular weight is 223 g/mol. The smallest absolute Gasteiger partial charge is 0.147 e. The molecular weight excluding hydrogens is 209 g/mol. The summed E-state index contributed by atoms with van der Waals surface area (Å²) in [4.78, 5) is 0. The van der Waals surface area contributed by atoms with Crippen LogP contribution in [0.3, 0.4) is 0 Å². The number of benzene rings is 1. The van der Waals surface area contributed by atoms with Gasteiger partial charge in [0.25, 0.3) is 0 Å². The van der Waals surface area contributed by atoms with E-state index in [0.717, 1.165) is 5.39 Å². The Morgan fingerprint density at radius 2 is 1.67 bits per heavy atom. The van der Waals surface area contributed by atoms with Gasteiger partial charge in [-0.2, -0.15) is 0 Å². The predicted molar refractivity (Wildman–Crippen MR) is 65.1 cm³/mol. The van der Waals surface area contributed by atoms with E-state index in [1.54, 1.807) is 23.7 Å². The summed E-state index contributed by atoms with van der Waals surface area (Å²) in [6.45, 7) is 4.00. The molecule has 1 nitrogen and oxygen atoms in total. The molecule has 2 rings (SSSR count). The van der Waals surface area contributed by atoms with Crippen molar-refractivity contribution >= 4 is 23.0 Å². The van der Waals surface area contributed by atoms with Crippen molar-refractivity contribution in [3.05, 3.63) is 40.9 Å². The van der Waals surface area contributed by atoms with E-state index in [9.17, 15) is 4.39 Å². The second-order valence-electron chi connectivity index (χ2n) is 2.94. The topological polar surface area (TPSA) is 4.93 Å². The summed E-state index contributed by atoms with van der Waals surface area (Å²) >= 11 is 5.15. The summed E-state index contributed by atoms with van der Waals surface area (Å²) in [5.41, 5.74) is 0. The van der Waals surface area contributed by atoms with Gasteiger partial charge in [0.05, 0.1) is 0 Å². The molecule has 0 atom stereocenters. The number of nitrogens with zero attached hydrogens (tertiary/aromatic N) is 1. The van der Waals surface area contributed by atoms with Gasteiger partial charge in [-0.05, 0) is 0 Å². The van der Waals surface area contributed by atoms with Gasteiger partial charge in [0, 0.05) is 24.0 Å². The molecule has 0 saturated heterocycles. The maximum atomic E-state index is 13.4. The van der Waals surface area contributed by atoms with Gasteiger partial charge in [-0.25, -0.2) is 4.39 Å². The van der Waals surface area contributed by atoms with Crippen LogP contribution in [0.25, 0.3) is 10.8 Å². The number of hydrogen-bond donors (Lipinski definition) is 0. The van der Waals surface area contributed by atoms with Gasteiger partial charge in [0.2, 0.25) is 0 Å². The summed E-state index contributed by atoms with van der Waals surface area (Å²) < 4.78 is 15.6. The molecule has 2 aromatic rings. The van der Waals surface area contributed by atoms with E-state index >= 15 is 0 Å². The van der Waals surface area contributed by atoms with Crippen LogP contribution >= 0.6 is 12.2 Å². The van der Waals surface area contributed by atoms with Crippen LogP contribution in [0.1, 0.15) is 13.8 Å². The molecule has 0 bridgehead atoms. The first-order valence-electron chi connectivity index (χ1n) is 4.94. The quantitative estimate of drug-likeness (QED) is 0.609. The second-order valence-corrected chi connectivity index (χ2v) is 3.33. The van der Waals surface area contributed by atoms with E-state index in [0.29, 0.717) is 10.0 Å². The van der Waals surface area contributed by atoms with Crippen LogP contribution in [0.15, 0.2) is 30.5 Å². The Morgan fingerprint density at radius 3 is 2.27 bits per heavy atom. The third-order valence-electron chi connectivity index (χ3n) is 2.04. The molecule has 0 saturated carbocycles. The zero-order valence-corrected chi connectivity index (χ0v) is 9.94. The standard InChI is InChI=1S/C10H8FNS.C2H6/c1-12-6-9(11)7-4-2-3-5-8(7)10(12)13;1-2/h2-6H,1H3;1-2H3. The van der Waals surface area contributed by atoms with Crippen molar-refractivity contribution in [3.8, 4) is 0 Å². The van der Waals surface area contributed by atoms with E-state index in [4.69, 9.17) is 12.2 Å². The van der Waals surface area contributed by atoms with Crippen molar-refractivity contribution in [1.82, 2.24) is 4.57 Å². The highest BCUT2D eigenvalue weighted by Crippen LogP contribution is 2.17. The molecule has 1 aromatic heterocycles. The van der Waals surface area contributed by atoms with Crippen LogP contribution in [0, 0.1) is 10.5 Å². The fraction of sp³-hybridized carbons (Fsp3) is 0.250. The Morgan fingerprint density at radius 1 is 1.13 bits per heavy atom. The molecule has 1 heterocycles. The van der Waals surface area contributed by atoms with Crippen LogP contribution < -0.4 is 0 Å². The highest BCUT2D eigenvalue weighted by atomic mass is 32.1. The molecule has 0 aliphatic heterocycles. The van der Waals surface area contributed by atoms with Crippen molar-refractivity contribution < 1.29 is 4.39 Å². The molecule has 0 aliphatic carbocycles. The van der Waals surface area contributed by atoms with Crippen LogP contribution in [0.2, 0.25) is 0 Å². The van der Waals surface area contributed by atoms with E-state index < -0.39 is 0 Å². The van der Waals surface area contributed by atoms with Crippen molar-refractivity contribution in [1.29, 1.82) is 0 Å². The lowest BCUT2D eigenvalue weighted by Crippen LogP contribution is -1.95. The number of fused-ring (bicyclic) bond motifs is 1. The number of pyridine rings is 1. The van der Waals surface area contributed by atoms with Gasteiger partial charge in [-0.1, -0.05) is 50.3 Å². The molecule has 0 fully saturated rings. The van der Waals surface area contributed by atoms with Gasteiger partial charge >= 0.3 is 0 Å². The summed E-state index contributed by atoms with van der Waals surface area (Å²) in [5, 5.41) is 1.38. The molecule has 0 unspecified atom stereocenters. The Bertz CT molecular complexity index is 517. The van der Waals surface area contributed by atoms with Crippen LogP contribution in [0.5, 0.6) is 0 Å². The molecule has 1 aromatic carbocycles. The zero-order chi connectivity index (χ0) is 11.4. The van der Waals surface area contributed by atoms with Crippen molar-refractivity contribution in [3.63, 3.8) is 0 Å². The van der Waals surface area contributed by atoms with Gasteiger partial charge in [-0.15, -0.1) is 0 Å². The number of aromatic nitrogens is 1. The Hall–Kier alpha value is -1.22.